The van der Waals surface area contributed by atoms with Gasteiger partial charge in [-0.25, -0.2) is 0 Å². The summed E-state index contributed by atoms with van der Waals surface area (Å²) in [4.78, 5) is 24.6. The van der Waals surface area contributed by atoms with Gasteiger partial charge in [0.15, 0.2) is 0 Å². The first kappa shape index (κ1) is 9.01. The number of amides is 2. The second-order valence-corrected chi connectivity index (χ2v) is 3.62. The van der Waals surface area contributed by atoms with Crippen molar-refractivity contribution in [1.82, 2.24) is 4.90 Å². The van der Waals surface area contributed by atoms with Gasteiger partial charge in [-0.3, -0.25) is 14.5 Å². The zero-order valence-corrected chi connectivity index (χ0v) is 7.77. The predicted molar refractivity (Wildman–Crippen MR) is 50.9 cm³/mol. The minimum Gasteiger partial charge on any atom is -0.274 e. The van der Waals surface area contributed by atoms with E-state index in [2.05, 4.69) is 5.92 Å². The number of rotatable bonds is 1. The van der Waals surface area contributed by atoms with Gasteiger partial charge in [-0.05, 0) is 12.8 Å². The van der Waals surface area contributed by atoms with Crippen LogP contribution >= 0.6 is 0 Å². The van der Waals surface area contributed by atoms with E-state index in [9.17, 15) is 9.59 Å². The number of carbonyl (C=O) groups excluding carboxylic acids is 2. The molecule has 2 aliphatic rings. The van der Waals surface area contributed by atoms with Crippen molar-refractivity contribution in [2.45, 2.75) is 12.8 Å². The zero-order chi connectivity index (χ0) is 10.1. The molecule has 0 unspecified atom stereocenters. The van der Waals surface area contributed by atoms with Gasteiger partial charge >= 0.3 is 0 Å². The molecule has 1 saturated heterocycles. The Kier molecular flexibility index (Phi) is 2.12. The highest BCUT2D eigenvalue weighted by atomic mass is 16.2. The molecule has 2 rings (SSSR count). The number of nitrogens with zero attached hydrogens (tertiary/aromatic N) is 1. The highest BCUT2D eigenvalue weighted by Crippen LogP contribution is 2.34. The molecular formula is C11H11NO2. The second kappa shape index (κ2) is 3.30. The highest BCUT2D eigenvalue weighted by molar-refractivity contribution is 6.05. The molecule has 3 nitrogen and oxygen atoms in total. The molecule has 0 aromatic carbocycles. The summed E-state index contributed by atoms with van der Waals surface area (Å²) >= 11 is 0. The molecule has 0 saturated carbocycles. The Morgan fingerprint density at radius 3 is 2.21 bits per heavy atom. The quantitative estimate of drug-likeness (QED) is 0.343. The third kappa shape index (κ3) is 1.15. The fourth-order valence-electron chi connectivity index (χ4n) is 2.12. The fourth-order valence-corrected chi connectivity index (χ4v) is 2.12. The van der Waals surface area contributed by atoms with Crippen molar-refractivity contribution in [2.75, 3.05) is 6.54 Å². The Hall–Kier alpha value is -1.56. The standard InChI is InChI=1S/C11H11NO2/c1-2-7-12-10(13)8-5-3-4-6-9(8)11(12)14/h1,3-4,8-9H,5-7H2/t8-,9+. The van der Waals surface area contributed by atoms with Crippen molar-refractivity contribution >= 4 is 11.8 Å². The van der Waals surface area contributed by atoms with Crippen LogP contribution in [-0.4, -0.2) is 23.3 Å². The van der Waals surface area contributed by atoms with E-state index < -0.39 is 0 Å². The van der Waals surface area contributed by atoms with Crippen LogP contribution in [0.1, 0.15) is 12.8 Å². The van der Waals surface area contributed by atoms with Gasteiger partial charge in [-0.15, -0.1) is 6.42 Å². The number of fused-ring (bicyclic) bond motifs is 1. The molecule has 2 atom stereocenters. The van der Waals surface area contributed by atoms with Gasteiger partial charge in [-0.2, -0.15) is 0 Å². The Labute approximate surface area is 82.8 Å². The molecule has 0 N–H and O–H groups in total. The van der Waals surface area contributed by atoms with Crippen molar-refractivity contribution in [1.29, 1.82) is 0 Å². The lowest BCUT2D eigenvalue weighted by atomic mass is 9.85. The average Bonchev–Trinajstić information content (AvgIpc) is 2.45. The maximum absolute atomic E-state index is 11.7. The summed E-state index contributed by atoms with van der Waals surface area (Å²) in [6.07, 6.45) is 10.4. The maximum atomic E-state index is 11.7. The van der Waals surface area contributed by atoms with Crippen LogP contribution < -0.4 is 0 Å². The summed E-state index contributed by atoms with van der Waals surface area (Å²) in [7, 11) is 0. The third-order valence-electron chi connectivity index (χ3n) is 2.85. The molecule has 0 aromatic heterocycles. The molecule has 1 aliphatic carbocycles. The lowest BCUT2D eigenvalue weighted by Crippen LogP contribution is -2.31. The fraction of sp³-hybridized carbons (Fsp3) is 0.455. The van der Waals surface area contributed by atoms with E-state index in [1.165, 1.54) is 4.90 Å². The minimum absolute atomic E-state index is 0.0951. The van der Waals surface area contributed by atoms with Crippen molar-refractivity contribution in [3.8, 4) is 12.3 Å². The largest absolute Gasteiger partial charge is 0.274 e. The van der Waals surface area contributed by atoms with Crippen LogP contribution in [0.15, 0.2) is 12.2 Å². The van der Waals surface area contributed by atoms with E-state index in [0.717, 1.165) is 0 Å². The smallest absolute Gasteiger partial charge is 0.234 e. The van der Waals surface area contributed by atoms with Crippen LogP contribution in [0.3, 0.4) is 0 Å². The Morgan fingerprint density at radius 1 is 1.29 bits per heavy atom. The van der Waals surface area contributed by atoms with Crippen molar-refractivity contribution in [2.24, 2.45) is 11.8 Å². The summed E-state index contributed by atoms with van der Waals surface area (Å²) < 4.78 is 0. The number of hydrogen-bond acceptors (Lipinski definition) is 2. The summed E-state index contributed by atoms with van der Waals surface area (Å²) in [5, 5.41) is 0. The van der Waals surface area contributed by atoms with E-state index in [1.54, 1.807) is 0 Å². The molecule has 1 aliphatic heterocycles. The van der Waals surface area contributed by atoms with Gasteiger partial charge in [0.05, 0.1) is 18.4 Å². The van der Waals surface area contributed by atoms with Gasteiger partial charge in [0, 0.05) is 0 Å². The Balaban J connectivity index is 2.25. The van der Waals surface area contributed by atoms with Gasteiger partial charge in [-0.1, -0.05) is 18.1 Å². The Bertz CT molecular complexity index is 325. The van der Waals surface area contributed by atoms with Crippen LogP contribution in [0.5, 0.6) is 0 Å². The van der Waals surface area contributed by atoms with Crippen LogP contribution in [0.4, 0.5) is 0 Å². The topological polar surface area (TPSA) is 37.4 Å². The van der Waals surface area contributed by atoms with Crippen LogP contribution in [0.25, 0.3) is 0 Å². The maximum Gasteiger partial charge on any atom is 0.234 e. The molecular weight excluding hydrogens is 178 g/mol. The first-order valence-electron chi connectivity index (χ1n) is 4.69. The molecule has 0 radical (unpaired) electrons. The highest BCUT2D eigenvalue weighted by Gasteiger charge is 2.46. The first-order chi connectivity index (χ1) is 6.75. The summed E-state index contributed by atoms with van der Waals surface area (Å²) in [6, 6.07) is 0. The molecule has 72 valence electrons. The second-order valence-electron chi connectivity index (χ2n) is 3.62. The molecule has 0 spiro atoms. The van der Waals surface area contributed by atoms with Gasteiger partial charge < -0.3 is 0 Å². The van der Waals surface area contributed by atoms with E-state index in [-0.39, 0.29) is 30.2 Å². The van der Waals surface area contributed by atoms with Gasteiger partial charge in [0.2, 0.25) is 11.8 Å². The van der Waals surface area contributed by atoms with Crippen LogP contribution in [-0.2, 0) is 9.59 Å². The first-order valence-corrected chi connectivity index (χ1v) is 4.69. The molecule has 2 amide bonds. The number of terminal acetylenes is 1. The third-order valence-corrected chi connectivity index (χ3v) is 2.85. The van der Waals surface area contributed by atoms with Crippen molar-refractivity contribution in [3.05, 3.63) is 12.2 Å². The van der Waals surface area contributed by atoms with Crippen LogP contribution in [0, 0.1) is 24.2 Å². The predicted octanol–water partition coefficient (Wildman–Crippen LogP) is 0.571. The molecule has 0 bridgehead atoms. The number of likely N-dealkylation sites (tertiary alicyclic amines) is 1. The summed E-state index contributed by atoms with van der Waals surface area (Å²) in [6.45, 7) is 0.116. The van der Waals surface area contributed by atoms with Gasteiger partial charge in [0.1, 0.15) is 0 Å². The number of carbonyl (C=O) groups is 2. The Morgan fingerprint density at radius 2 is 1.79 bits per heavy atom. The minimum atomic E-state index is -0.152. The van der Waals surface area contributed by atoms with E-state index >= 15 is 0 Å². The number of hydrogen-bond donors (Lipinski definition) is 0. The van der Waals surface area contributed by atoms with Crippen molar-refractivity contribution < 1.29 is 9.59 Å². The SMILES string of the molecule is C#CCN1C(=O)[C@H]2CC=CC[C@H]2C1=O. The van der Waals surface area contributed by atoms with Crippen molar-refractivity contribution in [3.63, 3.8) is 0 Å². The molecule has 1 heterocycles. The summed E-state index contributed by atoms with van der Waals surface area (Å²) in [5.41, 5.74) is 0. The summed E-state index contributed by atoms with van der Waals surface area (Å²) in [5.74, 6) is 1.85. The number of allylic oxidation sites excluding steroid dienone is 2. The monoisotopic (exact) mass is 189 g/mol. The van der Waals surface area contributed by atoms with E-state index in [0.29, 0.717) is 12.8 Å². The molecule has 3 heteroatoms. The van der Waals surface area contributed by atoms with E-state index in [4.69, 9.17) is 6.42 Å². The van der Waals surface area contributed by atoms with Gasteiger partial charge in [0.25, 0.3) is 0 Å². The molecule has 0 aromatic rings. The average molecular weight is 189 g/mol. The molecule has 14 heavy (non-hydrogen) atoms. The lowest BCUT2D eigenvalue weighted by molar-refractivity contribution is -0.139. The van der Waals surface area contributed by atoms with Crippen LogP contribution in [0.2, 0.25) is 0 Å². The normalized spacial score (nSPS) is 30.4. The molecule has 1 fully saturated rings. The lowest BCUT2D eigenvalue weighted by Gasteiger charge is -2.14. The zero-order valence-electron chi connectivity index (χ0n) is 7.77. The number of imide groups is 1. The van der Waals surface area contributed by atoms with E-state index in [1.807, 2.05) is 12.2 Å².